The van der Waals surface area contributed by atoms with Gasteiger partial charge in [-0.05, 0) is 61.2 Å². The van der Waals surface area contributed by atoms with Crippen LogP contribution in [0.5, 0.6) is 11.5 Å². The maximum atomic E-state index is 12.7. The number of methoxy groups -OCH3 is 1. The standard InChI is InChI=1S/C26H28F3NO5/c1-3-34-24(32)25(14-4-5-15-25)30-23(31)13-9-18-8-12-21(22(16-18)33-2)35-17-19-6-10-20(11-7-19)26(27,28)29/h6-13,16H,3-5,14-15,17H2,1-2H3,(H,30,31)/b13-9+. The second kappa shape index (κ2) is 11.3. The lowest BCUT2D eigenvalue weighted by Crippen LogP contribution is -2.52. The first-order valence-electron chi connectivity index (χ1n) is 11.3. The highest BCUT2D eigenvalue weighted by Crippen LogP contribution is 2.32. The van der Waals surface area contributed by atoms with Gasteiger partial charge in [-0.25, -0.2) is 4.79 Å². The number of benzene rings is 2. The first-order chi connectivity index (χ1) is 16.7. The van der Waals surface area contributed by atoms with Gasteiger partial charge >= 0.3 is 12.1 Å². The van der Waals surface area contributed by atoms with Crippen LogP contribution in [-0.4, -0.2) is 31.1 Å². The van der Waals surface area contributed by atoms with Crippen LogP contribution >= 0.6 is 0 Å². The molecule has 0 saturated heterocycles. The molecule has 0 radical (unpaired) electrons. The van der Waals surface area contributed by atoms with Gasteiger partial charge in [-0.3, -0.25) is 4.79 Å². The average Bonchev–Trinajstić information content (AvgIpc) is 3.31. The summed E-state index contributed by atoms with van der Waals surface area (Å²) >= 11 is 0. The minimum Gasteiger partial charge on any atom is -0.493 e. The number of esters is 1. The molecular formula is C26H28F3NO5. The zero-order valence-electron chi connectivity index (χ0n) is 19.6. The Bertz CT molecular complexity index is 1060. The van der Waals surface area contributed by atoms with Gasteiger partial charge in [-0.1, -0.05) is 31.0 Å². The Labute approximate surface area is 202 Å². The minimum absolute atomic E-state index is 0.0576. The Morgan fingerprint density at radius 2 is 1.74 bits per heavy atom. The molecule has 0 atom stereocenters. The van der Waals surface area contributed by atoms with Crippen LogP contribution in [0.15, 0.2) is 48.5 Å². The molecule has 0 heterocycles. The van der Waals surface area contributed by atoms with Crippen molar-refractivity contribution in [1.29, 1.82) is 0 Å². The van der Waals surface area contributed by atoms with Crippen molar-refractivity contribution < 1.29 is 37.0 Å². The Kier molecular flexibility index (Phi) is 8.43. The highest BCUT2D eigenvalue weighted by atomic mass is 19.4. The number of nitrogens with one attached hydrogen (secondary N) is 1. The molecule has 0 aromatic heterocycles. The first kappa shape index (κ1) is 26.1. The summed E-state index contributed by atoms with van der Waals surface area (Å²) in [7, 11) is 1.46. The van der Waals surface area contributed by atoms with Crippen LogP contribution < -0.4 is 14.8 Å². The molecule has 3 rings (SSSR count). The summed E-state index contributed by atoms with van der Waals surface area (Å²) < 4.78 is 54.3. The van der Waals surface area contributed by atoms with Gasteiger partial charge < -0.3 is 19.5 Å². The number of amides is 1. The maximum Gasteiger partial charge on any atom is 0.416 e. The number of alkyl halides is 3. The summed E-state index contributed by atoms with van der Waals surface area (Å²) in [5.41, 5.74) is -0.468. The number of hydrogen-bond acceptors (Lipinski definition) is 5. The SMILES string of the molecule is CCOC(=O)C1(NC(=O)/C=C/c2ccc(OCc3ccc(C(F)(F)F)cc3)c(OC)c2)CCCC1. The van der Waals surface area contributed by atoms with E-state index in [0.29, 0.717) is 35.5 Å². The molecule has 0 bridgehead atoms. The zero-order chi connectivity index (χ0) is 25.5. The van der Waals surface area contributed by atoms with Crippen molar-refractivity contribution in [3.63, 3.8) is 0 Å². The molecule has 2 aromatic rings. The van der Waals surface area contributed by atoms with Crippen molar-refractivity contribution >= 4 is 18.0 Å². The Morgan fingerprint density at radius 1 is 1.06 bits per heavy atom. The van der Waals surface area contributed by atoms with Crippen molar-refractivity contribution in [3.05, 3.63) is 65.2 Å². The van der Waals surface area contributed by atoms with Crippen LogP contribution in [0.3, 0.4) is 0 Å². The summed E-state index contributed by atoms with van der Waals surface area (Å²) in [6, 6.07) is 9.76. The van der Waals surface area contributed by atoms with E-state index in [0.717, 1.165) is 25.0 Å². The van der Waals surface area contributed by atoms with Gasteiger partial charge in [-0.15, -0.1) is 0 Å². The molecule has 0 unspecified atom stereocenters. The number of carbonyl (C=O) groups excluding carboxylic acids is 2. The minimum atomic E-state index is -4.39. The smallest absolute Gasteiger partial charge is 0.416 e. The van der Waals surface area contributed by atoms with E-state index in [1.807, 2.05) is 0 Å². The van der Waals surface area contributed by atoms with Crippen molar-refractivity contribution in [2.24, 2.45) is 0 Å². The lowest BCUT2D eigenvalue weighted by Gasteiger charge is -2.27. The van der Waals surface area contributed by atoms with Crippen molar-refractivity contribution in [2.75, 3.05) is 13.7 Å². The Morgan fingerprint density at radius 3 is 2.34 bits per heavy atom. The van der Waals surface area contributed by atoms with E-state index in [1.54, 1.807) is 31.2 Å². The molecule has 9 heteroatoms. The third-order valence-corrected chi connectivity index (χ3v) is 5.78. The number of ether oxygens (including phenoxy) is 3. The summed E-state index contributed by atoms with van der Waals surface area (Å²) in [5.74, 6) is -0.00325. The molecule has 6 nitrogen and oxygen atoms in total. The molecular weight excluding hydrogens is 463 g/mol. The second-order valence-electron chi connectivity index (χ2n) is 8.23. The van der Waals surface area contributed by atoms with Gasteiger partial charge in [0.2, 0.25) is 5.91 Å². The Hall–Kier alpha value is -3.49. The molecule has 2 aromatic carbocycles. The number of hydrogen-bond donors (Lipinski definition) is 1. The lowest BCUT2D eigenvalue weighted by atomic mass is 9.97. The molecule has 0 aliphatic heterocycles. The molecule has 0 spiro atoms. The fourth-order valence-corrected chi connectivity index (χ4v) is 3.94. The summed E-state index contributed by atoms with van der Waals surface area (Å²) in [6.45, 7) is 2.04. The van der Waals surface area contributed by atoms with Crippen molar-refractivity contribution in [2.45, 2.75) is 50.9 Å². The third kappa shape index (κ3) is 6.77. The van der Waals surface area contributed by atoms with E-state index in [9.17, 15) is 22.8 Å². The monoisotopic (exact) mass is 491 g/mol. The summed E-state index contributed by atoms with van der Waals surface area (Å²) in [4.78, 5) is 24.9. The van der Waals surface area contributed by atoms with Crippen LogP contribution in [0.4, 0.5) is 13.2 Å². The largest absolute Gasteiger partial charge is 0.493 e. The molecule has 35 heavy (non-hydrogen) atoms. The summed E-state index contributed by atoms with van der Waals surface area (Å²) in [5, 5.41) is 2.81. The van der Waals surface area contributed by atoms with Gasteiger partial charge in [0, 0.05) is 6.08 Å². The summed E-state index contributed by atoms with van der Waals surface area (Å²) in [6.07, 6.45) is 1.32. The quantitative estimate of drug-likeness (QED) is 0.381. The van der Waals surface area contributed by atoms with Crippen LogP contribution in [0.2, 0.25) is 0 Å². The fraction of sp³-hybridized carbons (Fsp3) is 0.385. The van der Waals surface area contributed by atoms with Gasteiger partial charge in [-0.2, -0.15) is 13.2 Å². The highest BCUT2D eigenvalue weighted by molar-refractivity contribution is 5.96. The highest BCUT2D eigenvalue weighted by Gasteiger charge is 2.43. The van der Waals surface area contributed by atoms with Gasteiger partial charge in [0.25, 0.3) is 0 Å². The predicted octanol–water partition coefficient (Wildman–Crippen LogP) is 5.30. The zero-order valence-corrected chi connectivity index (χ0v) is 19.6. The van der Waals surface area contributed by atoms with E-state index in [2.05, 4.69) is 5.32 Å². The normalized spacial score (nSPS) is 15.1. The van der Waals surface area contributed by atoms with E-state index >= 15 is 0 Å². The van der Waals surface area contributed by atoms with E-state index in [-0.39, 0.29) is 13.2 Å². The van der Waals surface area contributed by atoms with Gasteiger partial charge in [0.1, 0.15) is 12.1 Å². The second-order valence-corrected chi connectivity index (χ2v) is 8.23. The topological polar surface area (TPSA) is 73.9 Å². The van der Waals surface area contributed by atoms with Crippen LogP contribution in [-0.2, 0) is 27.1 Å². The lowest BCUT2D eigenvalue weighted by molar-refractivity contribution is -0.152. The molecule has 1 aliphatic rings. The third-order valence-electron chi connectivity index (χ3n) is 5.78. The van der Waals surface area contributed by atoms with Crippen LogP contribution in [0, 0.1) is 0 Å². The van der Waals surface area contributed by atoms with Gasteiger partial charge in [0.05, 0.1) is 19.3 Å². The van der Waals surface area contributed by atoms with Crippen molar-refractivity contribution in [3.8, 4) is 11.5 Å². The number of halogens is 3. The molecule has 1 fully saturated rings. The van der Waals surface area contributed by atoms with Crippen LogP contribution in [0.1, 0.15) is 49.3 Å². The van der Waals surface area contributed by atoms with E-state index < -0.39 is 29.2 Å². The molecule has 188 valence electrons. The van der Waals surface area contributed by atoms with Crippen LogP contribution in [0.25, 0.3) is 6.08 Å². The average molecular weight is 492 g/mol. The molecule has 1 saturated carbocycles. The first-order valence-corrected chi connectivity index (χ1v) is 11.3. The maximum absolute atomic E-state index is 12.7. The predicted molar refractivity (Wildman–Crippen MR) is 124 cm³/mol. The molecule has 1 N–H and O–H groups in total. The number of carbonyl (C=O) groups is 2. The molecule has 1 aliphatic carbocycles. The van der Waals surface area contributed by atoms with Gasteiger partial charge in [0.15, 0.2) is 11.5 Å². The Balaban J connectivity index is 1.63. The molecule has 1 amide bonds. The fourth-order valence-electron chi connectivity index (χ4n) is 3.94. The van der Waals surface area contributed by atoms with E-state index in [1.165, 1.54) is 25.3 Å². The number of rotatable bonds is 9. The van der Waals surface area contributed by atoms with E-state index in [4.69, 9.17) is 14.2 Å². The van der Waals surface area contributed by atoms with Crippen molar-refractivity contribution in [1.82, 2.24) is 5.32 Å².